The molecule has 0 saturated heterocycles. The molecule has 3 aromatic rings. The van der Waals surface area contributed by atoms with E-state index in [1.807, 2.05) is 50.2 Å². The molecule has 1 aromatic heterocycles. The highest BCUT2D eigenvalue weighted by Crippen LogP contribution is 2.19. The van der Waals surface area contributed by atoms with Crippen LogP contribution in [0.3, 0.4) is 0 Å². The SMILES string of the molecule is Cc1ccc2nc(C)c(C(=O)NCc3ccccc3CS(=O)(=O)NC(C)C)cc2c1. The van der Waals surface area contributed by atoms with Gasteiger partial charge in [0.15, 0.2) is 0 Å². The number of hydrogen-bond acceptors (Lipinski definition) is 4. The molecule has 0 aliphatic heterocycles. The molecule has 6 nitrogen and oxygen atoms in total. The van der Waals surface area contributed by atoms with Gasteiger partial charge in [-0.15, -0.1) is 0 Å². The van der Waals surface area contributed by atoms with Crippen molar-refractivity contribution in [3.05, 3.63) is 76.5 Å². The first-order valence-electron chi connectivity index (χ1n) is 9.87. The zero-order valence-electron chi connectivity index (χ0n) is 17.7. The molecule has 0 bridgehead atoms. The first-order valence-corrected chi connectivity index (χ1v) is 11.5. The quantitative estimate of drug-likeness (QED) is 0.605. The fourth-order valence-electron chi connectivity index (χ4n) is 3.37. The molecule has 1 amide bonds. The van der Waals surface area contributed by atoms with Crippen LogP contribution < -0.4 is 10.0 Å². The van der Waals surface area contributed by atoms with E-state index in [-0.39, 0.29) is 24.2 Å². The minimum atomic E-state index is -3.45. The fraction of sp³-hybridized carbons (Fsp3) is 0.304. The largest absolute Gasteiger partial charge is 0.348 e. The number of aromatic nitrogens is 1. The lowest BCUT2D eigenvalue weighted by Crippen LogP contribution is -2.32. The molecule has 30 heavy (non-hydrogen) atoms. The Labute approximate surface area is 177 Å². The van der Waals surface area contributed by atoms with Crippen LogP contribution in [-0.4, -0.2) is 25.4 Å². The van der Waals surface area contributed by atoms with E-state index in [1.54, 1.807) is 26.0 Å². The normalized spacial score (nSPS) is 11.8. The number of carbonyl (C=O) groups is 1. The third kappa shape index (κ3) is 5.43. The van der Waals surface area contributed by atoms with Crippen LogP contribution in [0.2, 0.25) is 0 Å². The second-order valence-corrected chi connectivity index (χ2v) is 9.55. The molecule has 1 heterocycles. The average Bonchev–Trinajstić information content (AvgIpc) is 2.65. The number of hydrogen-bond donors (Lipinski definition) is 2. The monoisotopic (exact) mass is 425 g/mol. The molecule has 0 aliphatic rings. The number of fused-ring (bicyclic) bond motifs is 1. The summed E-state index contributed by atoms with van der Waals surface area (Å²) >= 11 is 0. The van der Waals surface area contributed by atoms with Crippen molar-refractivity contribution in [2.75, 3.05) is 0 Å². The summed E-state index contributed by atoms with van der Waals surface area (Å²) in [5.41, 5.74) is 4.55. The molecule has 0 unspecified atom stereocenters. The second kappa shape index (κ2) is 8.93. The van der Waals surface area contributed by atoms with Crippen LogP contribution in [-0.2, 0) is 22.3 Å². The van der Waals surface area contributed by atoms with Gasteiger partial charge < -0.3 is 5.32 Å². The van der Waals surface area contributed by atoms with E-state index in [9.17, 15) is 13.2 Å². The van der Waals surface area contributed by atoms with Crippen LogP contribution in [0.15, 0.2) is 48.5 Å². The van der Waals surface area contributed by atoms with Crippen molar-refractivity contribution in [3.63, 3.8) is 0 Å². The number of pyridine rings is 1. The Kier molecular flexibility index (Phi) is 6.53. The lowest BCUT2D eigenvalue weighted by Gasteiger charge is -2.14. The molecule has 7 heteroatoms. The minimum Gasteiger partial charge on any atom is -0.348 e. The smallest absolute Gasteiger partial charge is 0.253 e. The Morgan fingerprint density at radius 2 is 1.73 bits per heavy atom. The number of benzene rings is 2. The number of nitrogens with one attached hydrogen (secondary N) is 2. The Bertz CT molecular complexity index is 1190. The maximum absolute atomic E-state index is 12.8. The van der Waals surface area contributed by atoms with E-state index in [2.05, 4.69) is 15.0 Å². The van der Waals surface area contributed by atoms with Gasteiger partial charge in [-0.2, -0.15) is 0 Å². The summed E-state index contributed by atoms with van der Waals surface area (Å²) in [6.45, 7) is 7.61. The van der Waals surface area contributed by atoms with E-state index in [4.69, 9.17) is 0 Å². The Hall–Kier alpha value is -2.77. The predicted octanol–water partition coefficient (Wildman–Crippen LogP) is 3.61. The molecular weight excluding hydrogens is 398 g/mol. The second-order valence-electron chi connectivity index (χ2n) is 7.80. The molecule has 0 atom stereocenters. The van der Waals surface area contributed by atoms with Gasteiger partial charge in [-0.3, -0.25) is 9.78 Å². The fourth-order valence-corrected chi connectivity index (χ4v) is 4.86. The molecule has 3 rings (SSSR count). The van der Waals surface area contributed by atoms with E-state index >= 15 is 0 Å². The number of carbonyl (C=O) groups excluding carboxylic acids is 1. The Morgan fingerprint density at radius 1 is 1.03 bits per heavy atom. The van der Waals surface area contributed by atoms with Crippen molar-refractivity contribution >= 4 is 26.8 Å². The first-order chi connectivity index (χ1) is 14.1. The summed E-state index contributed by atoms with van der Waals surface area (Å²) in [5, 5.41) is 3.82. The molecule has 0 radical (unpaired) electrons. The van der Waals surface area contributed by atoms with E-state index < -0.39 is 10.0 Å². The molecule has 0 aliphatic carbocycles. The summed E-state index contributed by atoms with van der Waals surface area (Å²) in [4.78, 5) is 17.4. The van der Waals surface area contributed by atoms with Gasteiger partial charge in [0.25, 0.3) is 5.91 Å². The van der Waals surface area contributed by atoms with Crippen molar-refractivity contribution in [1.29, 1.82) is 0 Å². The van der Waals surface area contributed by atoms with Crippen molar-refractivity contribution in [2.24, 2.45) is 0 Å². The summed E-state index contributed by atoms with van der Waals surface area (Å²) in [5.74, 6) is -0.367. The van der Waals surface area contributed by atoms with Crippen molar-refractivity contribution < 1.29 is 13.2 Å². The summed E-state index contributed by atoms with van der Waals surface area (Å²) < 4.78 is 27.2. The van der Waals surface area contributed by atoms with Crippen LogP contribution in [0, 0.1) is 13.8 Å². The first kappa shape index (κ1) is 21.9. The third-order valence-electron chi connectivity index (χ3n) is 4.72. The average molecular weight is 426 g/mol. The standard InChI is InChI=1S/C23H27N3O3S/c1-15(2)26-30(28,29)14-19-8-6-5-7-18(19)13-24-23(27)21-12-20-11-16(3)9-10-22(20)25-17(21)4/h5-12,15,26H,13-14H2,1-4H3,(H,24,27). The zero-order chi connectivity index (χ0) is 21.9. The molecule has 0 saturated carbocycles. The van der Waals surface area contributed by atoms with Crippen LogP contribution in [0.5, 0.6) is 0 Å². The number of nitrogens with zero attached hydrogens (tertiary/aromatic N) is 1. The van der Waals surface area contributed by atoms with Gasteiger partial charge in [0.05, 0.1) is 22.5 Å². The summed E-state index contributed by atoms with van der Waals surface area (Å²) in [6, 6.07) is 14.8. The van der Waals surface area contributed by atoms with Gasteiger partial charge in [-0.1, -0.05) is 35.9 Å². The highest BCUT2D eigenvalue weighted by Gasteiger charge is 2.17. The van der Waals surface area contributed by atoms with Crippen molar-refractivity contribution in [2.45, 2.75) is 46.0 Å². The highest BCUT2D eigenvalue weighted by molar-refractivity contribution is 7.88. The molecular formula is C23H27N3O3S. The summed E-state index contributed by atoms with van der Waals surface area (Å²) in [7, 11) is -3.45. The number of amides is 1. The zero-order valence-corrected chi connectivity index (χ0v) is 18.5. The van der Waals surface area contributed by atoms with Crippen molar-refractivity contribution in [3.8, 4) is 0 Å². The molecule has 2 N–H and O–H groups in total. The lowest BCUT2D eigenvalue weighted by atomic mass is 10.1. The number of aryl methyl sites for hydroxylation is 2. The van der Waals surface area contributed by atoms with E-state index in [0.717, 1.165) is 22.0 Å². The highest BCUT2D eigenvalue weighted by atomic mass is 32.2. The lowest BCUT2D eigenvalue weighted by molar-refractivity contribution is 0.0950. The maximum Gasteiger partial charge on any atom is 0.253 e. The predicted molar refractivity (Wildman–Crippen MR) is 120 cm³/mol. The van der Waals surface area contributed by atoms with Gasteiger partial charge >= 0.3 is 0 Å². The van der Waals surface area contributed by atoms with Crippen LogP contribution in [0.4, 0.5) is 0 Å². The molecule has 0 spiro atoms. The Morgan fingerprint density at radius 3 is 2.43 bits per heavy atom. The maximum atomic E-state index is 12.8. The van der Waals surface area contributed by atoms with Gasteiger partial charge in [-0.05, 0) is 57.0 Å². The van der Waals surface area contributed by atoms with Gasteiger partial charge in [-0.25, -0.2) is 13.1 Å². The van der Waals surface area contributed by atoms with Crippen LogP contribution >= 0.6 is 0 Å². The number of rotatable bonds is 7. The van der Waals surface area contributed by atoms with Crippen LogP contribution in [0.25, 0.3) is 10.9 Å². The van der Waals surface area contributed by atoms with E-state index in [0.29, 0.717) is 16.8 Å². The Balaban J connectivity index is 1.79. The molecule has 0 fully saturated rings. The topological polar surface area (TPSA) is 88.2 Å². The van der Waals surface area contributed by atoms with Gasteiger partial charge in [0.2, 0.25) is 10.0 Å². The van der Waals surface area contributed by atoms with Crippen LogP contribution in [0.1, 0.15) is 46.6 Å². The van der Waals surface area contributed by atoms with Gasteiger partial charge in [0.1, 0.15) is 0 Å². The third-order valence-corrected chi connectivity index (χ3v) is 6.25. The molecule has 2 aromatic carbocycles. The van der Waals surface area contributed by atoms with E-state index in [1.165, 1.54) is 0 Å². The van der Waals surface area contributed by atoms with Crippen molar-refractivity contribution in [1.82, 2.24) is 15.0 Å². The minimum absolute atomic E-state index is 0.132. The number of sulfonamides is 1. The summed E-state index contributed by atoms with van der Waals surface area (Å²) in [6.07, 6.45) is 0. The van der Waals surface area contributed by atoms with Gasteiger partial charge in [0, 0.05) is 18.0 Å². The molecule has 158 valence electrons.